The third-order valence-electron chi connectivity index (χ3n) is 8.11. The molecule has 3 fully saturated rings. The fourth-order valence-electron chi connectivity index (χ4n) is 6.06. The van der Waals surface area contributed by atoms with E-state index in [1.54, 1.807) is 11.8 Å². The van der Waals surface area contributed by atoms with Gasteiger partial charge < -0.3 is 19.3 Å². The van der Waals surface area contributed by atoms with Gasteiger partial charge in [0.05, 0.1) is 30.0 Å². The molecule has 4 aliphatic rings. The maximum Gasteiger partial charge on any atom is 0.274 e. The molecule has 0 N–H and O–H groups in total. The van der Waals surface area contributed by atoms with Gasteiger partial charge in [0.2, 0.25) is 0 Å². The van der Waals surface area contributed by atoms with Crippen LogP contribution in [-0.2, 0) is 15.2 Å². The summed E-state index contributed by atoms with van der Waals surface area (Å²) in [6, 6.07) is 6.36. The molecular formula is C27H35ClN4O3S. The molecule has 9 heteroatoms. The maximum atomic E-state index is 13.6. The summed E-state index contributed by atoms with van der Waals surface area (Å²) in [6.45, 7) is 7.49. The normalized spacial score (nSPS) is 23.4. The standard InChI is InChI=1S/C27H35ClN4O3S/c28-23-5-1-4-21-25-22(18-36-26(21)23)24(27(33)31-11-15-35-16-12-31)29-32(25)20-3-2-9-30(17-20)10-6-19-7-13-34-14-8-19/h1,4-5,19-20H,2-3,6-18H2. The van der Waals surface area contributed by atoms with E-state index in [9.17, 15) is 4.79 Å². The lowest BCUT2D eigenvalue weighted by Crippen LogP contribution is -2.41. The molecule has 5 heterocycles. The molecular weight excluding hydrogens is 496 g/mol. The van der Waals surface area contributed by atoms with Gasteiger partial charge in [-0.2, -0.15) is 5.10 Å². The third-order valence-corrected chi connectivity index (χ3v) is 9.70. The summed E-state index contributed by atoms with van der Waals surface area (Å²) < 4.78 is 13.2. The lowest BCUT2D eigenvalue weighted by molar-refractivity contribution is 0.0297. The summed E-state index contributed by atoms with van der Waals surface area (Å²) in [6.07, 6.45) is 5.84. The Kier molecular flexibility index (Phi) is 7.58. The Hall–Kier alpha value is -1.58. The van der Waals surface area contributed by atoms with E-state index in [1.165, 1.54) is 19.3 Å². The summed E-state index contributed by atoms with van der Waals surface area (Å²) in [5.74, 6) is 1.53. The third kappa shape index (κ3) is 4.95. The monoisotopic (exact) mass is 530 g/mol. The summed E-state index contributed by atoms with van der Waals surface area (Å²) in [5, 5.41) is 5.87. The number of ether oxygens (including phenoxy) is 2. The second-order valence-electron chi connectivity index (χ2n) is 10.4. The number of carbonyl (C=O) groups excluding carboxylic acids is 1. The quantitative estimate of drug-likeness (QED) is 0.557. The van der Waals surface area contributed by atoms with Gasteiger partial charge in [-0.3, -0.25) is 9.48 Å². The second-order valence-corrected chi connectivity index (χ2v) is 11.8. The first-order valence-electron chi connectivity index (χ1n) is 13.4. The van der Waals surface area contributed by atoms with Gasteiger partial charge >= 0.3 is 0 Å². The zero-order valence-corrected chi connectivity index (χ0v) is 22.4. The highest BCUT2D eigenvalue weighted by atomic mass is 35.5. The Morgan fingerprint density at radius 1 is 1.08 bits per heavy atom. The van der Waals surface area contributed by atoms with Crippen molar-refractivity contribution in [3.63, 3.8) is 0 Å². The Bertz CT molecular complexity index is 1100. The van der Waals surface area contributed by atoms with Gasteiger partial charge in [-0.1, -0.05) is 23.7 Å². The van der Waals surface area contributed by atoms with Crippen molar-refractivity contribution in [1.29, 1.82) is 0 Å². The van der Waals surface area contributed by atoms with E-state index in [4.69, 9.17) is 26.2 Å². The molecule has 2 aromatic rings. The maximum absolute atomic E-state index is 13.6. The molecule has 3 saturated heterocycles. The van der Waals surface area contributed by atoms with Crippen LogP contribution in [0.15, 0.2) is 23.1 Å². The Balaban J connectivity index is 1.30. The summed E-state index contributed by atoms with van der Waals surface area (Å²) >= 11 is 8.34. The number of nitrogens with zero attached hydrogens (tertiary/aromatic N) is 4. The average molecular weight is 531 g/mol. The van der Waals surface area contributed by atoms with Crippen molar-refractivity contribution in [1.82, 2.24) is 19.6 Å². The zero-order valence-electron chi connectivity index (χ0n) is 20.8. The molecule has 7 nitrogen and oxygen atoms in total. The smallest absolute Gasteiger partial charge is 0.274 e. The van der Waals surface area contributed by atoms with Gasteiger partial charge in [0.1, 0.15) is 0 Å². The predicted molar refractivity (Wildman–Crippen MR) is 142 cm³/mol. The number of thioether (sulfide) groups is 1. The number of halogens is 1. The van der Waals surface area contributed by atoms with Crippen LogP contribution >= 0.6 is 23.4 Å². The molecule has 1 amide bonds. The lowest BCUT2D eigenvalue weighted by Gasteiger charge is -2.35. The van der Waals surface area contributed by atoms with Crippen molar-refractivity contribution < 1.29 is 14.3 Å². The Morgan fingerprint density at radius 2 is 1.89 bits per heavy atom. The molecule has 194 valence electrons. The fraction of sp³-hybridized carbons (Fsp3) is 0.630. The van der Waals surface area contributed by atoms with Crippen LogP contribution in [0.2, 0.25) is 5.02 Å². The lowest BCUT2D eigenvalue weighted by atomic mass is 9.95. The predicted octanol–water partition coefficient (Wildman–Crippen LogP) is 4.74. The number of rotatable bonds is 5. The van der Waals surface area contributed by atoms with E-state index in [2.05, 4.69) is 15.6 Å². The van der Waals surface area contributed by atoms with Gasteiger partial charge in [0.15, 0.2) is 5.69 Å². The van der Waals surface area contributed by atoms with Crippen LogP contribution in [0.1, 0.15) is 54.2 Å². The van der Waals surface area contributed by atoms with Crippen LogP contribution in [0, 0.1) is 5.92 Å². The number of hydrogen-bond donors (Lipinski definition) is 0. The fourth-order valence-corrected chi connectivity index (χ4v) is 7.49. The van der Waals surface area contributed by atoms with Crippen molar-refractivity contribution in [3.8, 4) is 11.3 Å². The molecule has 36 heavy (non-hydrogen) atoms. The van der Waals surface area contributed by atoms with Crippen molar-refractivity contribution >= 4 is 29.3 Å². The zero-order chi connectivity index (χ0) is 24.5. The van der Waals surface area contributed by atoms with Gasteiger partial charge in [-0.05, 0) is 57.2 Å². The minimum atomic E-state index is 0.0339. The molecule has 1 atom stereocenters. The van der Waals surface area contributed by atoms with Crippen LogP contribution in [0.4, 0.5) is 0 Å². The van der Waals surface area contributed by atoms with Gasteiger partial charge in [0, 0.05) is 54.6 Å². The number of carbonyl (C=O) groups is 1. The molecule has 1 aromatic carbocycles. The van der Waals surface area contributed by atoms with E-state index >= 15 is 0 Å². The minimum Gasteiger partial charge on any atom is -0.381 e. The van der Waals surface area contributed by atoms with E-state index in [0.717, 1.165) is 84.1 Å². The number of amides is 1. The van der Waals surface area contributed by atoms with Crippen LogP contribution in [0.25, 0.3) is 11.3 Å². The highest BCUT2D eigenvalue weighted by molar-refractivity contribution is 7.98. The van der Waals surface area contributed by atoms with Crippen LogP contribution in [0.5, 0.6) is 0 Å². The number of likely N-dealkylation sites (tertiary alicyclic amines) is 1. The summed E-state index contributed by atoms with van der Waals surface area (Å²) in [7, 11) is 0. The molecule has 1 unspecified atom stereocenters. The minimum absolute atomic E-state index is 0.0339. The average Bonchev–Trinajstić information content (AvgIpc) is 3.33. The van der Waals surface area contributed by atoms with E-state index < -0.39 is 0 Å². The summed E-state index contributed by atoms with van der Waals surface area (Å²) in [4.78, 5) is 19.2. The second kappa shape index (κ2) is 11.0. The number of piperidine rings is 1. The van der Waals surface area contributed by atoms with Gasteiger partial charge in [0.25, 0.3) is 5.91 Å². The van der Waals surface area contributed by atoms with Crippen molar-refractivity contribution in [3.05, 3.63) is 34.5 Å². The van der Waals surface area contributed by atoms with E-state index in [1.807, 2.05) is 17.0 Å². The molecule has 6 rings (SSSR count). The van der Waals surface area contributed by atoms with Gasteiger partial charge in [-0.25, -0.2) is 0 Å². The molecule has 0 spiro atoms. The van der Waals surface area contributed by atoms with Crippen molar-refractivity contribution in [2.75, 3.05) is 59.2 Å². The number of hydrogen-bond acceptors (Lipinski definition) is 6. The first-order valence-corrected chi connectivity index (χ1v) is 14.8. The van der Waals surface area contributed by atoms with Crippen molar-refractivity contribution in [2.24, 2.45) is 5.92 Å². The highest BCUT2D eigenvalue weighted by Crippen LogP contribution is 2.47. The Morgan fingerprint density at radius 3 is 2.72 bits per heavy atom. The largest absolute Gasteiger partial charge is 0.381 e. The van der Waals surface area contributed by atoms with Crippen LogP contribution < -0.4 is 0 Å². The highest BCUT2D eigenvalue weighted by Gasteiger charge is 2.35. The van der Waals surface area contributed by atoms with Crippen LogP contribution in [-0.4, -0.2) is 84.6 Å². The SMILES string of the molecule is O=C(c1nn(C2CCCN(CCC3CCOCC3)C2)c2c1CSc1c(Cl)cccc1-2)N1CCOCC1. The first kappa shape index (κ1) is 24.7. The van der Waals surface area contributed by atoms with E-state index in [-0.39, 0.29) is 11.9 Å². The van der Waals surface area contributed by atoms with E-state index in [0.29, 0.717) is 32.0 Å². The molecule has 0 saturated carbocycles. The molecule has 0 aliphatic carbocycles. The Labute approximate surface area is 222 Å². The van der Waals surface area contributed by atoms with Crippen molar-refractivity contribution in [2.45, 2.75) is 48.8 Å². The molecule has 4 aliphatic heterocycles. The molecule has 1 aromatic heterocycles. The topological polar surface area (TPSA) is 59.8 Å². The number of aromatic nitrogens is 2. The first-order chi connectivity index (χ1) is 17.7. The number of fused-ring (bicyclic) bond motifs is 3. The molecule has 0 radical (unpaired) electrons. The van der Waals surface area contributed by atoms with Crippen LogP contribution in [0.3, 0.4) is 0 Å². The number of morpholine rings is 1. The summed E-state index contributed by atoms with van der Waals surface area (Å²) in [5.41, 5.74) is 3.88. The molecule has 0 bridgehead atoms. The number of benzene rings is 1. The van der Waals surface area contributed by atoms with Gasteiger partial charge in [-0.15, -0.1) is 11.8 Å².